The van der Waals surface area contributed by atoms with Gasteiger partial charge in [-0.15, -0.1) is 0 Å². The first kappa shape index (κ1) is 25.6. The van der Waals surface area contributed by atoms with Crippen molar-refractivity contribution in [1.29, 1.82) is 0 Å². The van der Waals surface area contributed by atoms with Crippen LogP contribution >= 0.6 is 0 Å². The van der Waals surface area contributed by atoms with E-state index in [0.29, 0.717) is 10.6 Å². The summed E-state index contributed by atoms with van der Waals surface area (Å²) in [5, 5.41) is 4.20. The van der Waals surface area contributed by atoms with E-state index in [9.17, 15) is 8.42 Å². The third-order valence-electron chi connectivity index (χ3n) is 6.66. The van der Waals surface area contributed by atoms with Gasteiger partial charge in [0.1, 0.15) is 17.2 Å². The molecule has 0 saturated carbocycles. The summed E-state index contributed by atoms with van der Waals surface area (Å²) in [7, 11) is -3.55. The summed E-state index contributed by atoms with van der Waals surface area (Å²) in [6, 6.07) is 9.81. The second-order valence-electron chi connectivity index (χ2n) is 10.6. The SMILES string of the molecule is CCCc1c(CS(=O)(=O)c2ccc3c(c2)CN(Cc2ccc(CC)nc2)CC3)noc1C(C)(C)C. The maximum atomic E-state index is 13.4. The summed E-state index contributed by atoms with van der Waals surface area (Å²) in [5.41, 5.74) is 5.84. The van der Waals surface area contributed by atoms with Crippen molar-refractivity contribution in [2.24, 2.45) is 0 Å². The van der Waals surface area contributed by atoms with Gasteiger partial charge in [-0.2, -0.15) is 0 Å². The average molecular weight is 496 g/mol. The lowest BCUT2D eigenvalue weighted by Gasteiger charge is -2.29. The van der Waals surface area contributed by atoms with Crippen LogP contribution in [-0.4, -0.2) is 30.0 Å². The molecule has 1 aliphatic heterocycles. The smallest absolute Gasteiger partial charge is 0.184 e. The van der Waals surface area contributed by atoms with Crippen LogP contribution in [0.3, 0.4) is 0 Å². The number of hydrogen-bond donors (Lipinski definition) is 0. The van der Waals surface area contributed by atoms with E-state index < -0.39 is 9.84 Å². The number of aryl methyl sites for hydroxylation is 1. The molecule has 35 heavy (non-hydrogen) atoms. The standard InChI is InChI=1S/C28H37N3O3S/c1-6-8-25-26(30-34-27(25)28(3,4)5)19-35(32,33)24-12-10-21-13-14-31(18-22(21)15-24)17-20-9-11-23(7-2)29-16-20/h9-12,15-16H,6-8,13-14,17-19H2,1-5H3. The van der Waals surface area contributed by atoms with E-state index in [1.165, 1.54) is 11.1 Å². The lowest BCUT2D eigenvalue weighted by atomic mass is 9.88. The number of rotatable bonds is 8. The Morgan fingerprint density at radius 1 is 1.09 bits per heavy atom. The highest BCUT2D eigenvalue weighted by molar-refractivity contribution is 7.90. The lowest BCUT2D eigenvalue weighted by molar-refractivity contribution is 0.245. The van der Waals surface area contributed by atoms with Gasteiger partial charge < -0.3 is 4.52 Å². The molecule has 0 fully saturated rings. The molecule has 0 bridgehead atoms. The molecule has 0 saturated heterocycles. The molecule has 3 heterocycles. The highest BCUT2D eigenvalue weighted by Gasteiger charge is 2.29. The van der Waals surface area contributed by atoms with Gasteiger partial charge in [0.05, 0.1) is 4.90 Å². The van der Waals surface area contributed by atoms with Crippen molar-refractivity contribution in [2.75, 3.05) is 6.54 Å². The molecule has 6 nitrogen and oxygen atoms in total. The Kier molecular flexibility index (Phi) is 7.48. The zero-order chi connectivity index (χ0) is 25.2. The van der Waals surface area contributed by atoms with Crippen molar-refractivity contribution < 1.29 is 12.9 Å². The Hall–Kier alpha value is -2.51. The first-order chi connectivity index (χ1) is 16.6. The number of benzene rings is 1. The zero-order valence-corrected chi connectivity index (χ0v) is 22.4. The molecule has 1 aliphatic rings. The van der Waals surface area contributed by atoms with Gasteiger partial charge in [-0.1, -0.05) is 58.3 Å². The molecular formula is C28H37N3O3S. The Morgan fingerprint density at radius 3 is 2.54 bits per heavy atom. The lowest BCUT2D eigenvalue weighted by Crippen LogP contribution is -2.30. The first-order valence-corrected chi connectivity index (χ1v) is 14.2. The fourth-order valence-electron chi connectivity index (χ4n) is 4.75. The minimum absolute atomic E-state index is 0.139. The van der Waals surface area contributed by atoms with Crippen molar-refractivity contribution in [3.63, 3.8) is 0 Å². The zero-order valence-electron chi connectivity index (χ0n) is 21.6. The largest absolute Gasteiger partial charge is 0.360 e. The molecule has 7 heteroatoms. The Balaban J connectivity index is 1.54. The van der Waals surface area contributed by atoms with Gasteiger partial charge in [0.2, 0.25) is 0 Å². The van der Waals surface area contributed by atoms with Crippen molar-refractivity contribution in [3.05, 3.63) is 75.9 Å². The van der Waals surface area contributed by atoms with Crippen LogP contribution < -0.4 is 0 Å². The van der Waals surface area contributed by atoms with E-state index >= 15 is 0 Å². The van der Waals surface area contributed by atoms with Gasteiger partial charge in [-0.3, -0.25) is 9.88 Å². The quantitative estimate of drug-likeness (QED) is 0.416. The normalized spacial score (nSPS) is 14.8. The summed E-state index contributed by atoms with van der Waals surface area (Å²) in [4.78, 5) is 7.22. The third kappa shape index (κ3) is 5.84. The minimum atomic E-state index is -3.55. The molecule has 0 N–H and O–H groups in total. The van der Waals surface area contributed by atoms with E-state index in [4.69, 9.17) is 4.52 Å². The third-order valence-corrected chi connectivity index (χ3v) is 8.29. The highest BCUT2D eigenvalue weighted by Crippen LogP contribution is 2.31. The topological polar surface area (TPSA) is 76.3 Å². The van der Waals surface area contributed by atoms with Crippen LogP contribution in [0.2, 0.25) is 0 Å². The number of sulfone groups is 1. The van der Waals surface area contributed by atoms with Gasteiger partial charge >= 0.3 is 0 Å². The van der Waals surface area contributed by atoms with E-state index in [1.807, 2.05) is 18.3 Å². The number of aromatic nitrogens is 2. The van der Waals surface area contributed by atoms with Gasteiger partial charge in [-0.25, -0.2) is 8.42 Å². The molecule has 0 atom stereocenters. The maximum Gasteiger partial charge on any atom is 0.184 e. The fourth-order valence-corrected chi connectivity index (χ4v) is 6.10. The summed E-state index contributed by atoms with van der Waals surface area (Å²) in [6.07, 6.45) is 5.46. The molecule has 0 aliphatic carbocycles. The highest BCUT2D eigenvalue weighted by atomic mass is 32.2. The maximum absolute atomic E-state index is 13.4. The van der Waals surface area contributed by atoms with Gasteiger partial charge in [0.15, 0.2) is 9.84 Å². The van der Waals surface area contributed by atoms with Crippen LogP contribution in [-0.2, 0) is 53.4 Å². The van der Waals surface area contributed by atoms with Crippen LogP contribution in [0, 0.1) is 0 Å². The van der Waals surface area contributed by atoms with Crippen LogP contribution in [0.5, 0.6) is 0 Å². The van der Waals surface area contributed by atoms with Crippen molar-refractivity contribution >= 4 is 9.84 Å². The van der Waals surface area contributed by atoms with E-state index in [0.717, 1.165) is 67.9 Å². The first-order valence-electron chi connectivity index (χ1n) is 12.6. The predicted octanol–water partition coefficient (Wildman–Crippen LogP) is 5.41. The second-order valence-corrected chi connectivity index (χ2v) is 12.6. The molecule has 3 aromatic rings. The Morgan fingerprint density at radius 2 is 1.89 bits per heavy atom. The van der Waals surface area contributed by atoms with Crippen LogP contribution in [0.4, 0.5) is 0 Å². The van der Waals surface area contributed by atoms with E-state index in [2.05, 4.69) is 61.8 Å². The minimum Gasteiger partial charge on any atom is -0.360 e. The molecule has 188 valence electrons. The van der Waals surface area contributed by atoms with E-state index in [1.54, 1.807) is 6.07 Å². The number of hydrogen-bond acceptors (Lipinski definition) is 6. The second kappa shape index (κ2) is 10.2. The molecule has 2 aromatic heterocycles. The number of pyridine rings is 1. The van der Waals surface area contributed by atoms with Crippen LogP contribution in [0.15, 0.2) is 45.9 Å². The van der Waals surface area contributed by atoms with Crippen molar-refractivity contribution in [1.82, 2.24) is 15.0 Å². The Labute approximate surface area is 209 Å². The van der Waals surface area contributed by atoms with Gasteiger partial charge in [0.25, 0.3) is 0 Å². The number of nitrogens with zero attached hydrogens (tertiary/aromatic N) is 3. The van der Waals surface area contributed by atoms with E-state index in [-0.39, 0.29) is 11.2 Å². The average Bonchev–Trinajstić information content (AvgIpc) is 3.21. The fraction of sp³-hybridized carbons (Fsp3) is 0.500. The van der Waals surface area contributed by atoms with Crippen LogP contribution in [0.1, 0.15) is 80.4 Å². The van der Waals surface area contributed by atoms with Gasteiger partial charge in [-0.05, 0) is 54.2 Å². The number of fused-ring (bicyclic) bond motifs is 1. The summed E-state index contributed by atoms with van der Waals surface area (Å²) < 4.78 is 32.5. The van der Waals surface area contributed by atoms with Crippen LogP contribution in [0.25, 0.3) is 0 Å². The molecular weight excluding hydrogens is 458 g/mol. The molecule has 0 amide bonds. The van der Waals surface area contributed by atoms with Crippen molar-refractivity contribution in [3.8, 4) is 0 Å². The summed E-state index contributed by atoms with van der Waals surface area (Å²) in [6.45, 7) is 12.9. The van der Waals surface area contributed by atoms with Gasteiger partial charge in [0, 0.05) is 42.5 Å². The van der Waals surface area contributed by atoms with Crippen molar-refractivity contribution in [2.45, 2.75) is 89.5 Å². The molecule has 0 spiro atoms. The molecule has 1 aromatic carbocycles. The molecule has 0 radical (unpaired) electrons. The predicted molar refractivity (Wildman–Crippen MR) is 138 cm³/mol. The summed E-state index contributed by atoms with van der Waals surface area (Å²) in [5.74, 6) is 0.645. The Bertz CT molecular complexity index is 1270. The summed E-state index contributed by atoms with van der Waals surface area (Å²) >= 11 is 0. The molecule has 4 rings (SSSR count). The monoisotopic (exact) mass is 495 g/mol. The molecule has 0 unspecified atom stereocenters.